The van der Waals surface area contributed by atoms with E-state index in [-0.39, 0.29) is 11.5 Å². The van der Waals surface area contributed by atoms with E-state index in [0.717, 1.165) is 31.2 Å². The number of nitrogens with zero attached hydrogens (tertiary/aromatic N) is 1. The van der Waals surface area contributed by atoms with Gasteiger partial charge in [-0.1, -0.05) is 75.9 Å². The summed E-state index contributed by atoms with van der Waals surface area (Å²) >= 11 is 6.29. The molecule has 0 N–H and O–H groups in total. The lowest BCUT2D eigenvalue weighted by Crippen LogP contribution is -2.39. The van der Waals surface area contributed by atoms with Crippen LogP contribution in [-0.4, -0.2) is 10.7 Å². The van der Waals surface area contributed by atoms with Crippen molar-refractivity contribution in [3.05, 3.63) is 58.6 Å². The van der Waals surface area contributed by atoms with Crippen LogP contribution in [0.15, 0.2) is 42.5 Å². The standard InChI is InChI=1S/C23H29ClNO3P/c1-23(2,3)18-13-14-21-17(15-18)16-25(19-9-5-4-6-10-19)29(26,27-21)28-22-12-8-7-11-20(22)24/h7-8,11-15,19H,4-6,9-10,16H2,1-3H3. The largest absolute Gasteiger partial charge is 0.516 e. The van der Waals surface area contributed by atoms with Gasteiger partial charge in [-0.15, -0.1) is 0 Å². The smallest absolute Gasteiger partial charge is 0.404 e. The summed E-state index contributed by atoms with van der Waals surface area (Å²) in [4.78, 5) is 0. The van der Waals surface area contributed by atoms with Crippen molar-refractivity contribution in [3.63, 3.8) is 0 Å². The van der Waals surface area contributed by atoms with Gasteiger partial charge in [-0.3, -0.25) is 0 Å². The molecule has 1 heterocycles. The Morgan fingerprint density at radius 1 is 1.10 bits per heavy atom. The van der Waals surface area contributed by atoms with Gasteiger partial charge in [0.1, 0.15) is 11.5 Å². The molecule has 2 aliphatic rings. The van der Waals surface area contributed by atoms with Gasteiger partial charge in [0.2, 0.25) is 0 Å². The molecule has 1 aliphatic carbocycles. The van der Waals surface area contributed by atoms with Gasteiger partial charge >= 0.3 is 7.75 Å². The predicted octanol–water partition coefficient (Wildman–Crippen LogP) is 7.35. The van der Waals surface area contributed by atoms with Gasteiger partial charge in [0.05, 0.1) is 5.02 Å². The zero-order chi connectivity index (χ0) is 20.6. The number of fused-ring (bicyclic) bond motifs is 1. The van der Waals surface area contributed by atoms with Gasteiger partial charge in [-0.25, -0.2) is 4.57 Å². The summed E-state index contributed by atoms with van der Waals surface area (Å²) in [5.74, 6) is 1.04. The van der Waals surface area contributed by atoms with Crippen molar-refractivity contribution < 1.29 is 13.6 Å². The van der Waals surface area contributed by atoms with E-state index in [1.807, 2.05) is 22.9 Å². The van der Waals surface area contributed by atoms with Crippen molar-refractivity contribution in [2.24, 2.45) is 0 Å². The molecule has 0 aromatic heterocycles. The van der Waals surface area contributed by atoms with E-state index < -0.39 is 7.75 Å². The van der Waals surface area contributed by atoms with Crippen LogP contribution in [-0.2, 0) is 16.5 Å². The molecule has 1 atom stereocenters. The number of para-hydroxylation sites is 1. The number of benzene rings is 2. The lowest BCUT2D eigenvalue weighted by Gasteiger charge is -2.41. The summed E-state index contributed by atoms with van der Waals surface area (Å²) in [7, 11) is -3.58. The van der Waals surface area contributed by atoms with E-state index in [9.17, 15) is 4.57 Å². The predicted molar refractivity (Wildman–Crippen MR) is 118 cm³/mol. The van der Waals surface area contributed by atoms with Crippen LogP contribution < -0.4 is 9.05 Å². The molecule has 0 saturated heterocycles. The molecule has 0 radical (unpaired) electrons. The minimum atomic E-state index is -3.58. The molecule has 0 amide bonds. The Kier molecular flexibility index (Phi) is 5.72. The molecule has 156 valence electrons. The number of hydrogen-bond donors (Lipinski definition) is 0. The molecule has 2 aromatic rings. The van der Waals surface area contributed by atoms with Crippen LogP contribution in [0.4, 0.5) is 0 Å². The number of halogens is 1. The fraction of sp³-hybridized carbons (Fsp3) is 0.478. The third kappa shape index (κ3) is 4.35. The molecular weight excluding hydrogens is 405 g/mol. The molecule has 0 spiro atoms. The molecule has 0 bridgehead atoms. The highest BCUT2D eigenvalue weighted by atomic mass is 35.5. The van der Waals surface area contributed by atoms with Crippen molar-refractivity contribution >= 4 is 19.3 Å². The average Bonchev–Trinajstić information content (AvgIpc) is 2.69. The Balaban J connectivity index is 1.72. The Labute approximate surface area is 178 Å². The van der Waals surface area contributed by atoms with E-state index in [1.165, 1.54) is 12.0 Å². The van der Waals surface area contributed by atoms with Gasteiger partial charge in [-0.2, -0.15) is 4.67 Å². The first kappa shape index (κ1) is 20.8. The molecule has 4 rings (SSSR count). The quantitative estimate of drug-likeness (QED) is 0.474. The van der Waals surface area contributed by atoms with Crippen LogP contribution in [0, 0.1) is 0 Å². The molecule has 1 saturated carbocycles. The highest BCUT2D eigenvalue weighted by molar-refractivity contribution is 7.52. The van der Waals surface area contributed by atoms with Crippen molar-refractivity contribution in [2.75, 3.05) is 0 Å². The summed E-state index contributed by atoms with van der Waals surface area (Å²) in [6.07, 6.45) is 5.52. The minimum absolute atomic E-state index is 0.0416. The van der Waals surface area contributed by atoms with Crippen LogP contribution in [0.3, 0.4) is 0 Å². The van der Waals surface area contributed by atoms with Crippen LogP contribution in [0.5, 0.6) is 11.5 Å². The molecular formula is C23H29ClNO3P. The fourth-order valence-electron chi connectivity index (χ4n) is 4.12. The average molecular weight is 434 g/mol. The summed E-state index contributed by atoms with van der Waals surface area (Å²) < 4.78 is 28.1. The van der Waals surface area contributed by atoms with Gasteiger partial charge < -0.3 is 9.05 Å². The molecule has 4 nitrogen and oxygen atoms in total. The topological polar surface area (TPSA) is 38.8 Å². The van der Waals surface area contributed by atoms with Gasteiger partial charge in [0.15, 0.2) is 0 Å². The lowest BCUT2D eigenvalue weighted by molar-refractivity contribution is 0.182. The first-order valence-corrected chi connectivity index (χ1v) is 12.3. The van der Waals surface area contributed by atoms with Crippen molar-refractivity contribution in [2.45, 2.75) is 70.9 Å². The third-order valence-corrected chi connectivity index (χ3v) is 8.10. The van der Waals surface area contributed by atoms with Gasteiger partial charge in [0, 0.05) is 18.2 Å². The Morgan fingerprint density at radius 3 is 2.52 bits per heavy atom. The first-order chi connectivity index (χ1) is 13.8. The lowest BCUT2D eigenvalue weighted by atomic mass is 9.86. The minimum Gasteiger partial charge on any atom is -0.404 e. The van der Waals surface area contributed by atoms with Crippen molar-refractivity contribution in [3.8, 4) is 11.5 Å². The fourth-order valence-corrected chi connectivity index (χ4v) is 6.38. The highest BCUT2D eigenvalue weighted by Gasteiger charge is 2.46. The first-order valence-electron chi connectivity index (χ1n) is 10.4. The molecule has 29 heavy (non-hydrogen) atoms. The third-order valence-electron chi connectivity index (χ3n) is 5.83. The monoisotopic (exact) mass is 433 g/mol. The van der Waals surface area contributed by atoms with Crippen LogP contribution in [0.25, 0.3) is 0 Å². The summed E-state index contributed by atoms with van der Waals surface area (Å²) in [5, 5.41) is 0.434. The van der Waals surface area contributed by atoms with Gasteiger partial charge in [0.25, 0.3) is 0 Å². The summed E-state index contributed by atoms with van der Waals surface area (Å²) in [5.41, 5.74) is 2.35. The Morgan fingerprint density at radius 2 is 1.83 bits per heavy atom. The van der Waals surface area contributed by atoms with Crippen molar-refractivity contribution in [1.29, 1.82) is 0 Å². The summed E-state index contributed by atoms with van der Waals surface area (Å²) in [6.45, 7) is 7.15. The maximum atomic E-state index is 14.1. The molecule has 1 aliphatic heterocycles. The second-order valence-corrected chi connectivity index (χ2v) is 11.3. The molecule has 6 heteroatoms. The zero-order valence-corrected chi connectivity index (χ0v) is 19.0. The van der Waals surface area contributed by atoms with E-state index >= 15 is 0 Å². The Bertz CT molecular complexity index is 934. The SMILES string of the molecule is CC(C)(C)c1ccc2c(c1)CN(C1CCCCC1)P(=O)(Oc1ccccc1Cl)O2. The highest BCUT2D eigenvalue weighted by Crippen LogP contribution is 2.59. The second kappa shape index (κ2) is 7.98. The van der Waals surface area contributed by atoms with E-state index in [0.29, 0.717) is 23.1 Å². The van der Waals surface area contributed by atoms with E-state index in [4.69, 9.17) is 20.6 Å². The molecule has 2 aromatic carbocycles. The van der Waals surface area contributed by atoms with Gasteiger partial charge in [-0.05, 0) is 42.0 Å². The Hall–Kier alpha value is -1.48. The van der Waals surface area contributed by atoms with Crippen LogP contribution >= 0.6 is 19.3 Å². The maximum Gasteiger partial charge on any atom is 0.516 e. The normalized spacial score (nSPS) is 23.3. The number of hydrogen-bond acceptors (Lipinski definition) is 3. The van der Waals surface area contributed by atoms with Crippen LogP contribution in [0.2, 0.25) is 5.02 Å². The van der Waals surface area contributed by atoms with E-state index in [1.54, 1.807) is 12.1 Å². The van der Waals surface area contributed by atoms with Crippen molar-refractivity contribution in [1.82, 2.24) is 4.67 Å². The molecule has 1 unspecified atom stereocenters. The summed E-state index contributed by atoms with van der Waals surface area (Å²) in [6, 6.07) is 13.5. The second-order valence-electron chi connectivity index (χ2n) is 9.04. The van der Waals surface area contributed by atoms with E-state index in [2.05, 4.69) is 32.9 Å². The maximum absolute atomic E-state index is 14.1. The zero-order valence-electron chi connectivity index (χ0n) is 17.4. The molecule has 1 fully saturated rings. The number of rotatable bonds is 3. The van der Waals surface area contributed by atoms with Crippen LogP contribution in [0.1, 0.15) is 64.0 Å².